The third-order valence-corrected chi connectivity index (χ3v) is 1.97. The van der Waals surface area contributed by atoms with Crippen LogP contribution in [0.4, 0.5) is 8.78 Å². The molecule has 0 saturated carbocycles. The van der Waals surface area contributed by atoms with E-state index in [-0.39, 0.29) is 11.3 Å². The predicted octanol–water partition coefficient (Wildman–Crippen LogP) is 2.88. The Morgan fingerprint density at radius 2 is 2.07 bits per heavy atom. The number of benzene rings is 1. The number of aromatic hydroxyl groups is 1. The second-order valence-electron chi connectivity index (χ2n) is 2.91. The van der Waals surface area contributed by atoms with Crippen LogP contribution in [0.15, 0.2) is 30.5 Å². The van der Waals surface area contributed by atoms with Crippen molar-refractivity contribution in [2.75, 3.05) is 0 Å². The molecule has 2 nitrogen and oxygen atoms in total. The zero-order valence-corrected chi connectivity index (χ0v) is 7.11. The molecular formula is C10H7F2NO. The van der Waals surface area contributed by atoms with Gasteiger partial charge in [-0.05, 0) is 12.1 Å². The molecule has 2 aromatic rings. The third-order valence-electron chi connectivity index (χ3n) is 1.97. The number of phenols is 1. The maximum absolute atomic E-state index is 12.5. The van der Waals surface area contributed by atoms with Gasteiger partial charge < -0.3 is 5.11 Å². The number of fused-ring (bicyclic) bond motifs is 1. The Morgan fingerprint density at radius 3 is 2.79 bits per heavy atom. The molecule has 0 spiro atoms. The van der Waals surface area contributed by atoms with Gasteiger partial charge in [0.05, 0.1) is 5.52 Å². The molecule has 0 atom stereocenters. The van der Waals surface area contributed by atoms with Crippen LogP contribution in [0.5, 0.6) is 5.75 Å². The lowest BCUT2D eigenvalue weighted by Crippen LogP contribution is -1.88. The molecule has 2 rings (SSSR count). The van der Waals surface area contributed by atoms with Gasteiger partial charge in [0, 0.05) is 23.2 Å². The van der Waals surface area contributed by atoms with Crippen LogP contribution in [0.2, 0.25) is 0 Å². The van der Waals surface area contributed by atoms with Crippen molar-refractivity contribution in [2.24, 2.45) is 0 Å². The number of phenolic OH excluding ortho intramolecular Hbond substituents is 1. The van der Waals surface area contributed by atoms with Crippen molar-refractivity contribution in [3.05, 3.63) is 36.0 Å². The highest BCUT2D eigenvalue weighted by Gasteiger charge is 2.12. The van der Waals surface area contributed by atoms with Crippen molar-refractivity contribution >= 4 is 10.9 Å². The molecule has 0 aliphatic rings. The summed E-state index contributed by atoms with van der Waals surface area (Å²) in [6.45, 7) is 0. The van der Waals surface area contributed by atoms with Crippen LogP contribution in [0.25, 0.3) is 10.9 Å². The molecule has 0 saturated heterocycles. The smallest absolute Gasteiger partial charge is 0.264 e. The first-order valence-corrected chi connectivity index (χ1v) is 4.04. The van der Waals surface area contributed by atoms with Gasteiger partial charge in [-0.15, -0.1) is 0 Å². The van der Waals surface area contributed by atoms with E-state index in [9.17, 15) is 13.9 Å². The van der Waals surface area contributed by atoms with E-state index < -0.39 is 6.43 Å². The van der Waals surface area contributed by atoms with Gasteiger partial charge in [0.25, 0.3) is 6.43 Å². The highest BCUT2D eigenvalue weighted by atomic mass is 19.3. The zero-order chi connectivity index (χ0) is 10.1. The number of hydrogen-bond donors (Lipinski definition) is 1. The molecule has 1 heterocycles. The average Bonchev–Trinajstić information content (AvgIpc) is 2.16. The van der Waals surface area contributed by atoms with E-state index in [0.29, 0.717) is 10.9 Å². The monoisotopic (exact) mass is 195 g/mol. The van der Waals surface area contributed by atoms with Gasteiger partial charge in [0.2, 0.25) is 0 Å². The average molecular weight is 195 g/mol. The molecule has 0 fully saturated rings. The Hall–Kier alpha value is -1.71. The minimum atomic E-state index is -2.60. The summed E-state index contributed by atoms with van der Waals surface area (Å²) < 4.78 is 25.1. The topological polar surface area (TPSA) is 33.1 Å². The SMILES string of the molecule is Oc1cc(C(F)F)c2cccnc2c1. The molecule has 1 N–H and O–H groups in total. The number of rotatable bonds is 1. The summed E-state index contributed by atoms with van der Waals surface area (Å²) in [7, 11) is 0. The first-order valence-electron chi connectivity index (χ1n) is 4.04. The minimum Gasteiger partial charge on any atom is -0.508 e. The van der Waals surface area contributed by atoms with Gasteiger partial charge in [-0.2, -0.15) is 0 Å². The molecule has 0 amide bonds. The first kappa shape index (κ1) is 8.87. The summed E-state index contributed by atoms with van der Waals surface area (Å²) in [5.74, 6) is -0.188. The fraction of sp³-hybridized carbons (Fsp3) is 0.100. The number of aromatic nitrogens is 1. The molecule has 72 valence electrons. The summed E-state index contributed by atoms with van der Waals surface area (Å²) in [5.41, 5.74) is 0.191. The Balaban J connectivity index is 2.80. The lowest BCUT2D eigenvalue weighted by molar-refractivity contribution is 0.153. The van der Waals surface area contributed by atoms with Crippen molar-refractivity contribution in [1.29, 1.82) is 0 Å². The number of alkyl halides is 2. The number of halogens is 2. The lowest BCUT2D eigenvalue weighted by Gasteiger charge is -2.05. The molecule has 4 heteroatoms. The molecule has 1 aromatic carbocycles. The highest BCUT2D eigenvalue weighted by Crippen LogP contribution is 2.30. The van der Waals surface area contributed by atoms with Gasteiger partial charge in [0.15, 0.2) is 0 Å². The van der Waals surface area contributed by atoms with Crippen LogP contribution in [-0.4, -0.2) is 10.1 Å². The largest absolute Gasteiger partial charge is 0.508 e. The molecule has 0 radical (unpaired) electrons. The van der Waals surface area contributed by atoms with Crippen molar-refractivity contribution in [2.45, 2.75) is 6.43 Å². The Morgan fingerprint density at radius 1 is 1.29 bits per heavy atom. The highest BCUT2D eigenvalue weighted by molar-refractivity contribution is 5.83. The van der Waals surface area contributed by atoms with Crippen molar-refractivity contribution in [3.63, 3.8) is 0 Å². The van der Waals surface area contributed by atoms with E-state index in [2.05, 4.69) is 4.98 Å². The first-order chi connectivity index (χ1) is 6.68. The Kier molecular flexibility index (Phi) is 2.04. The Labute approximate surface area is 78.8 Å². The predicted molar refractivity (Wildman–Crippen MR) is 48.4 cm³/mol. The van der Waals surface area contributed by atoms with Gasteiger partial charge in [-0.3, -0.25) is 4.98 Å². The van der Waals surface area contributed by atoms with Crippen molar-refractivity contribution in [1.82, 2.24) is 4.98 Å². The standard InChI is InChI=1S/C10H7F2NO/c11-10(12)8-4-6(14)5-9-7(8)2-1-3-13-9/h1-5,10,14H. The quantitative estimate of drug-likeness (QED) is 0.758. The fourth-order valence-electron chi connectivity index (χ4n) is 1.38. The summed E-state index contributed by atoms with van der Waals surface area (Å²) in [4.78, 5) is 3.89. The molecule has 14 heavy (non-hydrogen) atoms. The van der Waals surface area contributed by atoms with Gasteiger partial charge in [0.1, 0.15) is 5.75 Å². The van der Waals surface area contributed by atoms with Gasteiger partial charge in [-0.25, -0.2) is 8.78 Å². The molecule has 0 unspecified atom stereocenters. The third kappa shape index (κ3) is 1.39. The lowest BCUT2D eigenvalue weighted by atomic mass is 10.1. The van der Waals surface area contributed by atoms with Gasteiger partial charge >= 0.3 is 0 Å². The molecule has 0 aliphatic heterocycles. The summed E-state index contributed by atoms with van der Waals surface area (Å²) in [5, 5.41) is 9.56. The number of nitrogens with zero attached hydrogens (tertiary/aromatic N) is 1. The molecular weight excluding hydrogens is 188 g/mol. The Bertz CT molecular complexity index is 471. The van der Waals surface area contributed by atoms with E-state index >= 15 is 0 Å². The van der Waals surface area contributed by atoms with Crippen molar-refractivity contribution < 1.29 is 13.9 Å². The minimum absolute atomic E-state index is 0.187. The van der Waals surface area contributed by atoms with Crippen LogP contribution in [-0.2, 0) is 0 Å². The van der Waals surface area contributed by atoms with E-state index in [0.717, 1.165) is 6.07 Å². The normalized spacial score (nSPS) is 11.1. The second-order valence-corrected chi connectivity index (χ2v) is 2.91. The maximum Gasteiger partial charge on any atom is 0.264 e. The van der Waals surface area contributed by atoms with Crippen LogP contribution in [0.3, 0.4) is 0 Å². The number of hydrogen-bond acceptors (Lipinski definition) is 2. The second kappa shape index (κ2) is 3.21. The summed E-state index contributed by atoms with van der Waals surface area (Å²) in [6, 6.07) is 5.57. The van der Waals surface area contributed by atoms with E-state index in [1.54, 1.807) is 12.1 Å². The summed E-state index contributed by atoms with van der Waals surface area (Å²) >= 11 is 0. The van der Waals surface area contributed by atoms with E-state index in [1.807, 2.05) is 0 Å². The van der Waals surface area contributed by atoms with Crippen LogP contribution >= 0.6 is 0 Å². The maximum atomic E-state index is 12.5. The van der Waals surface area contributed by atoms with E-state index in [4.69, 9.17) is 0 Å². The fourth-order valence-corrected chi connectivity index (χ4v) is 1.38. The van der Waals surface area contributed by atoms with E-state index in [1.165, 1.54) is 12.3 Å². The molecule has 0 aliphatic carbocycles. The number of pyridine rings is 1. The van der Waals surface area contributed by atoms with Crippen LogP contribution < -0.4 is 0 Å². The molecule has 0 bridgehead atoms. The van der Waals surface area contributed by atoms with Crippen molar-refractivity contribution in [3.8, 4) is 5.75 Å². The van der Waals surface area contributed by atoms with Crippen LogP contribution in [0, 0.1) is 0 Å². The summed E-state index contributed by atoms with van der Waals surface area (Å²) in [6.07, 6.45) is -1.11. The van der Waals surface area contributed by atoms with Crippen LogP contribution in [0.1, 0.15) is 12.0 Å². The van der Waals surface area contributed by atoms with Gasteiger partial charge in [-0.1, -0.05) is 6.07 Å². The zero-order valence-electron chi connectivity index (χ0n) is 7.11. The molecule has 1 aromatic heterocycles.